The Morgan fingerprint density at radius 3 is 2.57 bits per heavy atom. The first kappa shape index (κ1) is 15.6. The van der Waals surface area contributed by atoms with Gasteiger partial charge in [0.15, 0.2) is 0 Å². The molecule has 0 bridgehead atoms. The molecule has 2 aromatic rings. The van der Waals surface area contributed by atoms with Crippen molar-refractivity contribution in [2.24, 2.45) is 0 Å². The van der Waals surface area contributed by atoms with E-state index in [0.29, 0.717) is 25.2 Å². The molecule has 0 unspecified atom stereocenters. The summed E-state index contributed by atoms with van der Waals surface area (Å²) in [5.74, 6) is 0.0594. The number of nitrogens with two attached hydrogens (primary N) is 1. The summed E-state index contributed by atoms with van der Waals surface area (Å²) in [6.45, 7) is 4.79. The van der Waals surface area contributed by atoms with Gasteiger partial charge >= 0.3 is 0 Å². The molecule has 110 valence electrons. The molecule has 0 fully saturated rings. The summed E-state index contributed by atoms with van der Waals surface area (Å²) in [5, 5.41) is 0. The molecule has 0 saturated carbocycles. The number of hydrogen-bond acceptors (Lipinski definition) is 3. The van der Waals surface area contributed by atoms with Crippen molar-refractivity contribution < 1.29 is 4.79 Å². The number of carbonyl (C=O) groups excluding carboxylic acids is 1. The normalized spacial score (nSPS) is 10.3. The highest BCUT2D eigenvalue weighted by Gasteiger charge is 2.14. The van der Waals surface area contributed by atoms with Crippen LogP contribution >= 0.6 is 22.9 Å². The van der Waals surface area contributed by atoms with Gasteiger partial charge in [-0.3, -0.25) is 4.79 Å². The zero-order chi connectivity index (χ0) is 15.2. The van der Waals surface area contributed by atoms with Crippen LogP contribution < -0.4 is 5.73 Å². The van der Waals surface area contributed by atoms with Crippen molar-refractivity contribution in [2.75, 3.05) is 12.3 Å². The second kappa shape index (κ2) is 7.29. The zero-order valence-corrected chi connectivity index (χ0v) is 13.2. The molecule has 0 aliphatic heterocycles. The lowest BCUT2D eigenvalue weighted by atomic mass is 10.1. The molecule has 3 nitrogen and oxygen atoms in total. The lowest BCUT2D eigenvalue weighted by molar-refractivity contribution is -0.130. The Labute approximate surface area is 133 Å². The number of amides is 1. The summed E-state index contributed by atoms with van der Waals surface area (Å²) in [7, 11) is 0. The van der Waals surface area contributed by atoms with Gasteiger partial charge in [0.2, 0.25) is 5.91 Å². The van der Waals surface area contributed by atoms with Crippen LogP contribution in [0.25, 0.3) is 0 Å². The van der Waals surface area contributed by atoms with Gasteiger partial charge in [-0.15, -0.1) is 17.9 Å². The van der Waals surface area contributed by atoms with Crippen molar-refractivity contribution in [3.8, 4) is 0 Å². The molecule has 0 atom stereocenters. The van der Waals surface area contributed by atoms with Crippen LogP contribution in [0.1, 0.15) is 10.4 Å². The number of nitrogens with zero attached hydrogens (tertiary/aromatic N) is 1. The largest absolute Gasteiger partial charge is 0.399 e. The summed E-state index contributed by atoms with van der Waals surface area (Å²) in [5.41, 5.74) is 7.30. The SMILES string of the molecule is C=CCN(Cc1ccc(Cl)s1)C(=O)Cc1ccc(N)cc1. The minimum Gasteiger partial charge on any atom is -0.399 e. The number of hydrogen-bond donors (Lipinski definition) is 1. The van der Waals surface area contributed by atoms with Gasteiger partial charge in [-0.2, -0.15) is 0 Å². The number of benzene rings is 1. The third-order valence-electron chi connectivity index (χ3n) is 3.01. The highest BCUT2D eigenvalue weighted by molar-refractivity contribution is 7.16. The van der Waals surface area contributed by atoms with Gasteiger partial charge in [0, 0.05) is 17.1 Å². The average molecular weight is 321 g/mol. The highest BCUT2D eigenvalue weighted by atomic mass is 35.5. The number of nitrogen functional groups attached to an aromatic ring is 1. The van der Waals surface area contributed by atoms with Crippen molar-refractivity contribution in [1.82, 2.24) is 4.90 Å². The molecule has 5 heteroatoms. The third-order valence-corrected chi connectivity index (χ3v) is 4.23. The average Bonchev–Trinajstić information content (AvgIpc) is 2.86. The predicted molar refractivity (Wildman–Crippen MR) is 89.5 cm³/mol. The van der Waals surface area contributed by atoms with E-state index in [4.69, 9.17) is 17.3 Å². The van der Waals surface area contributed by atoms with E-state index in [-0.39, 0.29) is 5.91 Å². The molecule has 0 aliphatic carbocycles. The summed E-state index contributed by atoms with van der Waals surface area (Å²) >= 11 is 7.42. The van der Waals surface area contributed by atoms with Crippen LogP contribution in [0.4, 0.5) is 5.69 Å². The lowest BCUT2D eigenvalue weighted by Gasteiger charge is -2.20. The molecule has 0 spiro atoms. The Morgan fingerprint density at radius 2 is 2.00 bits per heavy atom. The molecule has 1 aromatic carbocycles. The van der Waals surface area contributed by atoms with Crippen LogP contribution in [-0.2, 0) is 17.8 Å². The van der Waals surface area contributed by atoms with Crippen LogP contribution in [0, 0.1) is 0 Å². The fourth-order valence-electron chi connectivity index (χ4n) is 1.96. The van der Waals surface area contributed by atoms with E-state index < -0.39 is 0 Å². The molecule has 2 rings (SSSR count). The van der Waals surface area contributed by atoms with Crippen molar-refractivity contribution in [1.29, 1.82) is 0 Å². The summed E-state index contributed by atoms with van der Waals surface area (Å²) in [6, 6.07) is 11.2. The van der Waals surface area contributed by atoms with Crippen LogP contribution in [0.3, 0.4) is 0 Å². The van der Waals surface area contributed by atoms with Crippen molar-refractivity contribution in [2.45, 2.75) is 13.0 Å². The number of halogens is 1. The Kier molecular flexibility index (Phi) is 5.42. The molecule has 0 radical (unpaired) electrons. The zero-order valence-electron chi connectivity index (χ0n) is 11.6. The molecular formula is C16H17ClN2OS. The van der Waals surface area contributed by atoms with Crippen LogP contribution in [0.2, 0.25) is 4.34 Å². The molecule has 1 amide bonds. The first-order valence-corrected chi connectivity index (χ1v) is 7.75. The summed E-state index contributed by atoms with van der Waals surface area (Å²) in [4.78, 5) is 15.2. The van der Waals surface area contributed by atoms with Gasteiger partial charge in [-0.05, 0) is 29.8 Å². The van der Waals surface area contributed by atoms with Crippen molar-refractivity contribution >= 4 is 34.5 Å². The van der Waals surface area contributed by atoms with Gasteiger partial charge in [0.1, 0.15) is 0 Å². The van der Waals surface area contributed by atoms with Crippen molar-refractivity contribution in [3.63, 3.8) is 0 Å². The van der Waals surface area contributed by atoms with E-state index in [1.165, 1.54) is 11.3 Å². The van der Waals surface area contributed by atoms with Gasteiger partial charge in [0.25, 0.3) is 0 Å². The minimum atomic E-state index is 0.0594. The molecule has 21 heavy (non-hydrogen) atoms. The van der Waals surface area contributed by atoms with Crippen LogP contribution in [0.5, 0.6) is 0 Å². The van der Waals surface area contributed by atoms with Gasteiger partial charge in [-0.25, -0.2) is 0 Å². The van der Waals surface area contributed by atoms with E-state index in [0.717, 1.165) is 14.8 Å². The van der Waals surface area contributed by atoms with Crippen LogP contribution in [0.15, 0.2) is 49.1 Å². The van der Waals surface area contributed by atoms with E-state index in [9.17, 15) is 4.79 Å². The molecule has 0 aliphatic rings. The Morgan fingerprint density at radius 1 is 1.29 bits per heavy atom. The number of carbonyl (C=O) groups is 1. The van der Waals surface area contributed by atoms with E-state index in [1.807, 2.05) is 24.3 Å². The molecule has 0 saturated heterocycles. The fourth-order valence-corrected chi connectivity index (χ4v) is 3.06. The smallest absolute Gasteiger partial charge is 0.227 e. The quantitative estimate of drug-likeness (QED) is 0.651. The van der Waals surface area contributed by atoms with Gasteiger partial charge in [0.05, 0.1) is 17.3 Å². The van der Waals surface area contributed by atoms with Crippen LogP contribution in [-0.4, -0.2) is 17.4 Å². The maximum absolute atomic E-state index is 12.4. The topological polar surface area (TPSA) is 46.3 Å². The van der Waals surface area contributed by atoms with Crippen molar-refractivity contribution in [3.05, 3.63) is 63.8 Å². The fraction of sp³-hybridized carbons (Fsp3) is 0.188. The Balaban J connectivity index is 2.04. The first-order chi connectivity index (χ1) is 10.1. The third kappa shape index (κ3) is 4.62. The predicted octanol–water partition coefficient (Wildman–Crippen LogP) is 3.74. The maximum Gasteiger partial charge on any atom is 0.227 e. The van der Waals surface area contributed by atoms with E-state index in [1.54, 1.807) is 23.1 Å². The van der Waals surface area contributed by atoms with E-state index in [2.05, 4.69) is 6.58 Å². The summed E-state index contributed by atoms with van der Waals surface area (Å²) in [6.07, 6.45) is 2.09. The Hall–Kier alpha value is -1.78. The molecule has 1 heterocycles. The maximum atomic E-state index is 12.4. The second-order valence-electron chi connectivity index (χ2n) is 4.69. The summed E-state index contributed by atoms with van der Waals surface area (Å²) < 4.78 is 0.731. The standard InChI is InChI=1S/C16H17ClN2OS/c1-2-9-19(11-14-7-8-15(17)21-14)16(20)10-12-3-5-13(18)6-4-12/h2-8H,1,9-11,18H2. The number of thiophene rings is 1. The molecule has 2 N–H and O–H groups in total. The monoisotopic (exact) mass is 320 g/mol. The van der Waals surface area contributed by atoms with Gasteiger partial charge < -0.3 is 10.6 Å². The second-order valence-corrected chi connectivity index (χ2v) is 6.49. The Bertz CT molecular complexity index is 621. The number of anilines is 1. The molecular weight excluding hydrogens is 304 g/mol. The number of rotatable bonds is 6. The molecule has 1 aromatic heterocycles. The lowest BCUT2D eigenvalue weighted by Crippen LogP contribution is -2.31. The van der Waals surface area contributed by atoms with Gasteiger partial charge in [-0.1, -0.05) is 29.8 Å². The highest BCUT2D eigenvalue weighted by Crippen LogP contribution is 2.23. The minimum absolute atomic E-state index is 0.0594. The first-order valence-electron chi connectivity index (χ1n) is 6.56. The van der Waals surface area contributed by atoms with E-state index >= 15 is 0 Å².